The van der Waals surface area contributed by atoms with E-state index in [1.165, 1.54) is 12.8 Å². The van der Waals surface area contributed by atoms with Gasteiger partial charge in [-0.05, 0) is 36.8 Å². The summed E-state index contributed by atoms with van der Waals surface area (Å²) in [6.07, 6.45) is 4.10. The number of rotatable bonds is 6. The maximum absolute atomic E-state index is 9.40. The number of nitriles is 1. The van der Waals surface area contributed by atoms with E-state index in [4.69, 9.17) is 5.26 Å². The molecule has 126 valence electrons. The Bertz CT molecular complexity index is 540. The van der Waals surface area contributed by atoms with E-state index in [1.807, 2.05) is 6.07 Å². The van der Waals surface area contributed by atoms with E-state index < -0.39 is 0 Å². The lowest BCUT2D eigenvalue weighted by atomic mass is 9.98. The summed E-state index contributed by atoms with van der Waals surface area (Å²) in [6.45, 7) is 1.67. The number of hydrogen-bond acceptors (Lipinski definition) is 6. The van der Waals surface area contributed by atoms with E-state index in [1.54, 1.807) is 12.3 Å². The summed E-state index contributed by atoms with van der Waals surface area (Å²) in [5, 5.41) is 31.1. The van der Waals surface area contributed by atoms with E-state index in [-0.39, 0.29) is 37.7 Å². The van der Waals surface area contributed by atoms with Crippen LogP contribution in [0.15, 0.2) is 18.3 Å². The van der Waals surface area contributed by atoms with Gasteiger partial charge in [0.25, 0.3) is 0 Å². The average molecular weight is 339 g/mol. The minimum Gasteiger partial charge on any atom is -0.395 e. The lowest BCUT2D eigenvalue weighted by Crippen LogP contribution is -2.40. The van der Waals surface area contributed by atoms with Crippen molar-refractivity contribution in [2.45, 2.75) is 24.9 Å². The molecular formula is C16H23ClN4O2. The van der Waals surface area contributed by atoms with Gasteiger partial charge in [0.15, 0.2) is 0 Å². The zero-order valence-electron chi connectivity index (χ0n) is 12.9. The predicted octanol–water partition coefficient (Wildman–Crippen LogP) is 0.851. The highest BCUT2D eigenvalue weighted by Gasteiger charge is 2.43. The number of nitrogens with one attached hydrogen (secondary N) is 1. The van der Waals surface area contributed by atoms with Crippen LogP contribution in [-0.2, 0) is 0 Å². The lowest BCUT2D eigenvalue weighted by Gasteiger charge is -2.24. The molecular weight excluding hydrogens is 316 g/mol. The van der Waals surface area contributed by atoms with Crippen molar-refractivity contribution in [3.63, 3.8) is 0 Å². The van der Waals surface area contributed by atoms with Crippen molar-refractivity contribution in [3.05, 3.63) is 23.9 Å². The molecule has 0 radical (unpaired) electrons. The molecule has 2 atom stereocenters. The molecule has 6 nitrogen and oxygen atoms in total. The summed E-state index contributed by atoms with van der Waals surface area (Å²) in [5.74, 6) is 2.04. The van der Waals surface area contributed by atoms with Gasteiger partial charge in [-0.3, -0.25) is 4.90 Å². The first-order valence-corrected chi connectivity index (χ1v) is 7.83. The Kier molecular flexibility index (Phi) is 6.19. The van der Waals surface area contributed by atoms with Crippen LogP contribution in [0, 0.1) is 23.2 Å². The summed E-state index contributed by atoms with van der Waals surface area (Å²) in [7, 11) is 0. The number of halogens is 1. The van der Waals surface area contributed by atoms with Crippen molar-refractivity contribution in [2.75, 3.05) is 31.6 Å². The first-order chi connectivity index (χ1) is 10.7. The molecule has 2 fully saturated rings. The van der Waals surface area contributed by atoms with Gasteiger partial charge in [0.2, 0.25) is 0 Å². The molecule has 1 saturated heterocycles. The van der Waals surface area contributed by atoms with Crippen LogP contribution in [-0.4, -0.2) is 58.5 Å². The fourth-order valence-electron chi connectivity index (χ4n) is 3.34. The highest BCUT2D eigenvalue weighted by molar-refractivity contribution is 5.85. The van der Waals surface area contributed by atoms with E-state index in [9.17, 15) is 10.2 Å². The molecule has 0 bridgehead atoms. The van der Waals surface area contributed by atoms with Crippen LogP contribution >= 0.6 is 12.4 Å². The first kappa shape index (κ1) is 18.0. The standard InChI is InChI=1S/C16H22N4O2.ClH/c17-5-11-1-4-16(18-6-11)19-15-8-20(13(9-21)10-22)7-14(15)12-2-3-12;/h1,4,6,12-15,21-22H,2-3,7-10H2,(H,18,19);1H/t14-,15+;/m1./s1. The van der Waals surface area contributed by atoms with Crippen LogP contribution in [0.5, 0.6) is 0 Å². The molecule has 1 aliphatic heterocycles. The van der Waals surface area contributed by atoms with Crippen LogP contribution in [0.3, 0.4) is 0 Å². The van der Waals surface area contributed by atoms with Gasteiger partial charge in [-0.2, -0.15) is 5.26 Å². The molecule has 1 aromatic heterocycles. The monoisotopic (exact) mass is 338 g/mol. The van der Waals surface area contributed by atoms with E-state index in [2.05, 4.69) is 21.3 Å². The van der Waals surface area contributed by atoms with Crippen LogP contribution in [0.4, 0.5) is 5.82 Å². The summed E-state index contributed by atoms with van der Waals surface area (Å²) >= 11 is 0. The van der Waals surface area contributed by atoms with E-state index >= 15 is 0 Å². The zero-order valence-corrected chi connectivity index (χ0v) is 13.7. The molecule has 0 spiro atoms. The molecule has 1 aliphatic carbocycles. The second kappa shape index (κ2) is 7.93. The molecule has 23 heavy (non-hydrogen) atoms. The van der Waals surface area contributed by atoms with Gasteiger partial charge in [-0.25, -0.2) is 4.98 Å². The minimum atomic E-state index is -0.179. The van der Waals surface area contributed by atoms with Gasteiger partial charge in [0, 0.05) is 25.3 Å². The smallest absolute Gasteiger partial charge is 0.126 e. The third-order valence-corrected chi connectivity index (χ3v) is 4.78. The number of aliphatic hydroxyl groups is 2. The van der Waals surface area contributed by atoms with E-state index in [0.29, 0.717) is 11.5 Å². The van der Waals surface area contributed by atoms with Crippen LogP contribution in [0.25, 0.3) is 0 Å². The first-order valence-electron chi connectivity index (χ1n) is 7.83. The third kappa shape index (κ3) is 4.12. The average Bonchev–Trinajstić information content (AvgIpc) is 3.31. The normalized spacial score (nSPS) is 24.3. The number of anilines is 1. The predicted molar refractivity (Wildman–Crippen MR) is 89.4 cm³/mol. The second-order valence-electron chi connectivity index (χ2n) is 6.27. The SMILES string of the molecule is Cl.N#Cc1ccc(N[C@H]2CN(C(CO)CO)C[C@@H]2C2CC2)nc1. The number of likely N-dealkylation sites (tertiary alicyclic amines) is 1. The second-order valence-corrected chi connectivity index (χ2v) is 6.27. The van der Waals surface area contributed by atoms with Gasteiger partial charge in [0.1, 0.15) is 11.9 Å². The van der Waals surface area contributed by atoms with Gasteiger partial charge in [0.05, 0.1) is 24.8 Å². The third-order valence-electron chi connectivity index (χ3n) is 4.78. The van der Waals surface area contributed by atoms with Gasteiger partial charge >= 0.3 is 0 Å². The molecule has 1 aromatic rings. The fraction of sp³-hybridized carbons (Fsp3) is 0.625. The Morgan fingerprint density at radius 3 is 2.57 bits per heavy atom. The van der Waals surface area contributed by atoms with Crippen molar-refractivity contribution in [2.24, 2.45) is 11.8 Å². The van der Waals surface area contributed by atoms with Crippen molar-refractivity contribution >= 4 is 18.2 Å². The molecule has 0 amide bonds. The summed E-state index contributed by atoms with van der Waals surface area (Å²) < 4.78 is 0. The molecule has 1 saturated carbocycles. The van der Waals surface area contributed by atoms with Crippen molar-refractivity contribution in [1.29, 1.82) is 5.26 Å². The largest absolute Gasteiger partial charge is 0.395 e. The highest BCUT2D eigenvalue weighted by atomic mass is 35.5. The Hall–Kier alpha value is -1.39. The molecule has 2 aliphatic rings. The highest BCUT2D eigenvalue weighted by Crippen LogP contribution is 2.42. The van der Waals surface area contributed by atoms with Crippen LogP contribution < -0.4 is 5.32 Å². The number of hydrogen-bond donors (Lipinski definition) is 3. The van der Waals surface area contributed by atoms with Crippen LogP contribution in [0.1, 0.15) is 18.4 Å². The van der Waals surface area contributed by atoms with Crippen molar-refractivity contribution in [3.8, 4) is 6.07 Å². The Balaban J connectivity index is 0.00000192. The summed E-state index contributed by atoms with van der Waals surface area (Å²) in [5.41, 5.74) is 0.554. The maximum atomic E-state index is 9.40. The van der Waals surface area contributed by atoms with Crippen LogP contribution in [0.2, 0.25) is 0 Å². The molecule has 0 aromatic carbocycles. The fourth-order valence-corrected chi connectivity index (χ4v) is 3.34. The Labute approximate surface area is 142 Å². The topological polar surface area (TPSA) is 92.4 Å². The quantitative estimate of drug-likeness (QED) is 0.712. The summed E-state index contributed by atoms with van der Waals surface area (Å²) in [4.78, 5) is 6.46. The van der Waals surface area contributed by atoms with Gasteiger partial charge in [-0.15, -0.1) is 12.4 Å². The minimum absolute atomic E-state index is 0. The van der Waals surface area contributed by atoms with Gasteiger partial charge < -0.3 is 15.5 Å². The zero-order chi connectivity index (χ0) is 15.5. The maximum Gasteiger partial charge on any atom is 0.126 e. The van der Waals surface area contributed by atoms with Crippen molar-refractivity contribution in [1.82, 2.24) is 9.88 Å². The molecule has 7 heteroatoms. The molecule has 3 N–H and O–H groups in total. The Morgan fingerprint density at radius 1 is 1.30 bits per heavy atom. The Morgan fingerprint density at radius 2 is 2.04 bits per heavy atom. The number of pyridine rings is 1. The summed E-state index contributed by atoms with van der Waals surface area (Å²) in [6, 6.07) is 5.76. The van der Waals surface area contributed by atoms with E-state index in [0.717, 1.165) is 24.8 Å². The molecule has 2 heterocycles. The van der Waals surface area contributed by atoms with Crippen molar-refractivity contribution < 1.29 is 10.2 Å². The number of aromatic nitrogens is 1. The lowest BCUT2D eigenvalue weighted by molar-refractivity contribution is 0.0871. The molecule has 3 rings (SSSR count). The van der Waals surface area contributed by atoms with Gasteiger partial charge in [-0.1, -0.05) is 0 Å². The molecule has 0 unspecified atom stereocenters. The number of aliphatic hydroxyl groups excluding tert-OH is 2. The number of nitrogens with zero attached hydrogens (tertiary/aromatic N) is 3.